The zero-order chi connectivity index (χ0) is 21.7. The number of nitrogens with one attached hydrogen (secondary N) is 2. The van der Waals surface area contributed by atoms with Crippen LogP contribution in [0.15, 0.2) is 35.1 Å². The minimum absolute atomic E-state index is 0.110. The van der Waals surface area contributed by atoms with E-state index < -0.39 is 0 Å². The lowest BCUT2D eigenvalue weighted by Gasteiger charge is -2.54. The summed E-state index contributed by atoms with van der Waals surface area (Å²) in [5, 5.41) is 11.1. The molecule has 1 saturated heterocycles. The Hall–Kier alpha value is -3.16. The number of carbonyl (C=O) groups is 2. The summed E-state index contributed by atoms with van der Waals surface area (Å²) < 4.78 is 5.63. The number of rotatable bonds is 5. The Labute approximate surface area is 185 Å². The van der Waals surface area contributed by atoms with E-state index in [9.17, 15) is 9.59 Å². The molecule has 1 aliphatic heterocycles. The first-order chi connectivity index (χ1) is 15.6. The molecule has 0 aromatic carbocycles. The summed E-state index contributed by atoms with van der Waals surface area (Å²) in [6.07, 6.45) is 11.6. The van der Waals surface area contributed by atoms with Crippen LogP contribution in [0, 0.1) is 11.3 Å². The molecule has 2 amide bonds. The van der Waals surface area contributed by atoms with Crippen LogP contribution in [-0.2, 0) is 0 Å². The number of aromatic nitrogens is 3. The van der Waals surface area contributed by atoms with E-state index in [1.807, 2.05) is 11.0 Å². The summed E-state index contributed by atoms with van der Waals surface area (Å²) in [5.74, 6) is 1.19. The van der Waals surface area contributed by atoms with Gasteiger partial charge in [-0.05, 0) is 62.0 Å². The average molecular weight is 434 g/mol. The van der Waals surface area contributed by atoms with Gasteiger partial charge in [0.25, 0.3) is 11.8 Å². The molecule has 2 N–H and O–H groups in total. The van der Waals surface area contributed by atoms with Gasteiger partial charge in [0.2, 0.25) is 0 Å². The van der Waals surface area contributed by atoms with E-state index in [0.29, 0.717) is 29.7 Å². The monoisotopic (exact) mass is 433 g/mol. The van der Waals surface area contributed by atoms with Gasteiger partial charge in [-0.2, -0.15) is 5.10 Å². The predicted molar refractivity (Wildman–Crippen MR) is 117 cm³/mol. The molecule has 8 heteroatoms. The van der Waals surface area contributed by atoms with Crippen LogP contribution >= 0.6 is 0 Å². The lowest BCUT2D eigenvalue weighted by molar-refractivity contribution is -0.0273. The number of hydrogen-bond acceptors (Lipinski definition) is 5. The molecule has 0 radical (unpaired) electrons. The summed E-state index contributed by atoms with van der Waals surface area (Å²) in [6, 6.07) is 3.60. The minimum Gasteiger partial charge on any atom is -0.449 e. The lowest BCUT2D eigenvalue weighted by Crippen LogP contribution is -2.53. The van der Waals surface area contributed by atoms with E-state index in [1.54, 1.807) is 24.7 Å². The Morgan fingerprint density at radius 1 is 1.19 bits per heavy atom. The number of carbonyl (C=O) groups excluding carboxylic acids is 2. The van der Waals surface area contributed by atoms with Crippen molar-refractivity contribution in [3.63, 3.8) is 0 Å². The maximum Gasteiger partial charge on any atom is 0.287 e. The van der Waals surface area contributed by atoms with Crippen molar-refractivity contribution in [1.29, 1.82) is 0 Å². The number of pyridine rings is 1. The normalized spacial score (nSPS) is 22.1. The van der Waals surface area contributed by atoms with E-state index in [1.165, 1.54) is 6.42 Å². The van der Waals surface area contributed by atoms with Gasteiger partial charge in [-0.25, -0.2) is 0 Å². The van der Waals surface area contributed by atoms with Gasteiger partial charge >= 0.3 is 0 Å². The van der Waals surface area contributed by atoms with Crippen molar-refractivity contribution in [2.24, 2.45) is 11.3 Å². The van der Waals surface area contributed by atoms with Crippen molar-refractivity contribution in [2.45, 2.75) is 44.4 Å². The molecule has 2 saturated carbocycles. The number of furan rings is 1. The van der Waals surface area contributed by atoms with E-state index in [4.69, 9.17) is 4.42 Å². The van der Waals surface area contributed by atoms with Crippen LogP contribution in [0.5, 0.6) is 0 Å². The standard InChI is InChI=1S/C24H27N5O3/c30-22(19-11-16-4-8-25-14-20(16)32-19)26-12-17-3-5-24(17)6-9-29(10-7-24)23(31)18-13-27-28-21(18)15-1-2-15/h4,8,11,13-15,17H,1-3,5-7,9-10,12H2,(H,26,30)(H,27,28). The lowest BCUT2D eigenvalue weighted by atomic mass is 9.55. The predicted octanol–water partition coefficient (Wildman–Crippen LogP) is 3.49. The third-order valence-corrected chi connectivity index (χ3v) is 7.84. The summed E-state index contributed by atoms with van der Waals surface area (Å²) >= 11 is 0. The van der Waals surface area contributed by atoms with Crippen LogP contribution in [0.2, 0.25) is 0 Å². The number of fused-ring (bicyclic) bond motifs is 1. The highest BCUT2D eigenvalue weighted by atomic mass is 16.3. The molecule has 8 nitrogen and oxygen atoms in total. The molecule has 1 atom stereocenters. The Kier molecular flexibility index (Phi) is 4.55. The highest BCUT2D eigenvalue weighted by molar-refractivity contribution is 5.96. The number of likely N-dealkylation sites (tertiary alicyclic amines) is 1. The van der Waals surface area contributed by atoms with Crippen LogP contribution in [0.4, 0.5) is 0 Å². The van der Waals surface area contributed by atoms with Gasteiger partial charge in [-0.15, -0.1) is 0 Å². The van der Waals surface area contributed by atoms with Crippen molar-refractivity contribution >= 4 is 22.8 Å². The second kappa shape index (κ2) is 7.46. The van der Waals surface area contributed by atoms with Gasteiger partial charge in [0.1, 0.15) is 0 Å². The second-order valence-electron chi connectivity index (χ2n) is 9.60. The van der Waals surface area contributed by atoms with E-state index in [0.717, 1.165) is 61.8 Å². The number of amides is 2. The van der Waals surface area contributed by atoms with Crippen LogP contribution in [0.25, 0.3) is 11.0 Å². The quantitative estimate of drug-likeness (QED) is 0.641. The molecule has 4 heterocycles. The van der Waals surface area contributed by atoms with Gasteiger partial charge in [0.05, 0.1) is 23.7 Å². The van der Waals surface area contributed by atoms with E-state index >= 15 is 0 Å². The summed E-state index contributed by atoms with van der Waals surface area (Å²) in [7, 11) is 0. The summed E-state index contributed by atoms with van der Waals surface area (Å²) in [4.78, 5) is 31.7. The van der Waals surface area contributed by atoms with Crippen LogP contribution in [0.3, 0.4) is 0 Å². The fourth-order valence-electron chi connectivity index (χ4n) is 5.51. The molecule has 1 spiro atoms. The van der Waals surface area contributed by atoms with Gasteiger partial charge < -0.3 is 14.6 Å². The molecule has 3 aromatic heterocycles. The molecular formula is C24H27N5O3. The largest absolute Gasteiger partial charge is 0.449 e. The highest BCUT2D eigenvalue weighted by Gasteiger charge is 2.48. The van der Waals surface area contributed by atoms with Gasteiger partial charge in [-0.1, -0.05) is 0 Å². The molecule has 3 aromatic rings. The topological polar surface area (TPSA) is 104 Å². The molecular weight excluding hydrogens is 406 g/mol. The number of piperidine rings is 1. The maximum atomic E-state index is 13.1. The first-order valence-corrected chi connectivity index (χ1v) is 11.6. The zero-order valence-electron chi connectivity index (χ0n) is 18.0. The first kappa shape index (κ1) is 19.5. The summed E-state index contributed by atoms with van der Waals surface area (Å²) in [5.41, 5.74) is 2.62. The SMILES string of the molecule is O=C(NCC1CCC12CCN(C(=O)c1cn[nH]c1C1CC1)CC2)c1cc2ccncc2o1. The smallest absolute Gasteiger partial charge is 0.287 e. The Morgan fingerprint density at radius 3 is 2.75 bits per heavy atom. The Morgan fingerprint density at radius 2 is 2.03 bits per heavy atom. The molecule has 6 rings (SSSR count). The van der Waals surface area contributed by atoms with E-state index in [-0.39, 0.29) is 17.2 Å². The zero-order valence-corrected chi connectivity index (χ0v) is 18.0. The van der Waals surface area contributed by atoms with Gasteiger partial charge in [-0.3, -0.25) is 19.7 Å². The fourth-order valence-corrected chi connectivity index (χ4v) is 5.51. The summed E-state index contributed by atoms with van der Waals surface area (Å²) in [6.45, 7) is 2.19. The number of H-pyrrole nitrogens is 1. The molecule has 1 unspecified atom stereocenters. The molecule has 32 heavy (non-hydrogen) atoms. The third kappa shape index (κ3) is 3.29. The highest BCUT2D eigenvalue weighted by Crippen LogP contribution is 2.53. The Bertz CT molecular complexity index is 1140. The van der Waals surface area contributed by atoms with Crippen molar-refractivity contribution in [3.05, 3.63) is 47.7 Å². The molecule has 0 bridgehead atoms. The van der Waals surface area contributed by atoms with Gasteiger partial charge in [0, 0.05) is 37.1 Å². The van der Waals surface area contributed by atoms with Crippen LogP contribution in [0.1, 0.15) is 71.0 Å². The van der Waals surface area contributed by atoms with E-state index in [2.05, 4.69) is 20.5 Å². The first-order valence-electron chi connectivity index (χ1n) is 11.6. The molecule has 3 aliphatic rings. The number of nitrogens with zero attached hydrogens (tertiary/aromatic N) is 3. The second-order valence-corrected chi connectivity index (χ2v) is 9.60. The maximum absolute atomic E-state index is 13.1. The average Bonchev–Trinajstić information content (AvgIpc) is 3.37. The number of aromatic amines is 1. The van der Waals surface area contributed by atoms with Gasteiger partial charge in [0.15, 0.2) is 11.3 Å². The minimum atomic E-state index is -0.177. The molecule has 3 fully saturated rings. The van der Waals surface area contributed by atoms with Crippen molar-refractivity contribution in [1.82, 2.24) is 25.4 Å². The molecule has 2 aliphatic carbocycles. The Balaban J connectivity index is 1.05. The number of hydrogen-bond donors (Lipinski definition) is 2. The third-order valence-electron chi connectivity index (χ3n) is 7.84. The van der Waals surface area contributed by atoms with Crippen molar-refractivity contribution in [2.75, 3.05) is 19.6 Å². The molecule has 166 valence electrons. The van der Waals surface area contributed by atoms with Crippen LogP contribution in [-0.4, -0.2) is 51.5 Å². The fraction of sp³-hybridized carbons (Fsp3) is 0.500. The van der Waals surface area contributed by atoms with Crippen LogP contribution < -0.4 is 5.32 Å². The van der Waals surface area contributed by atoms with Crippen molar-refractivity contribution < 1.29 is 14.0 Å². The van der Waals surface area contributed by atoms with Crippen molar-refractivity contribution in [3.8, 4) is 0 Å².